The molecular weight excluding hydrogens is 258 g/mol. The Labute approximate surface area is 115 Å². The lowest BCUT2D eigenvalue weighted by molar-refractivity contribution is 0.672. The van der Waals surface area contributed by atoms with Crippen molar-refractivity contribution in [1.82, 2.24) is 4.98 Å². The molecule has 0 atom stereocenters. The number of pyridine rings is 1. The second-order valence-corrected chi connectivity index (χ2v) is 6.39. The minimum atomic E-state index is -0.663. The Morgan fingerprint density at radius 3 is 2.74 bits per heavy atom. The van der Waals surface area contributed by atoms with Gasteiger partial charge in [-0.05, 0) is 17.7 Å². The van der Waals surface area contributed by atoms with E-state index in [2.05, 4.69) is 17.0 Å². The molecule has 100 valence electrons. The first-order valence-electron chi connectivity index (χ1n) is 6.46. The summed E-state index contributed by atoms with van der Waals surface area (Å²) in [5.41, 5.74) is 7.94. The molecule has 0 radical (unpaired) electrons. The molecule has 1 aliphatic heterocycles. The van der Waals surface area contributed by atoms with Crippen molar-refractivity contribution in [2.75, 3.05) is 29.5 Å². The average Bonchev–Trinajstić information content (AvgIpc) is 2.47. The summed E-state index contributed by atoms with van der Waals surface area (Å²) in [5.74, 6) is 2.41. The van der Waals surface area contributed by atoms with E-state index in [-0.39, 0.29) is 0 Å². The normalized spacial score (nSPS) is 17.0. The van der Waals surface area contributed by atoms with E-state index in [9.17, 15) is 4.21 Å². The maximum atomic E-state index is 11.4. The van der Waals surface area contributed by atoms with Crippen molar-refractivity contribution in [3.05, 3.63) is 35.9 Å². The molecule has 19 heavy (non-hydrogen) atoms. The Bertz CT molecular complexity index is 619. The van der Waals surface area contributed by atoms with Gasteiger partial charge in [0.2, 0.25) is 0 Å². The van der Waals surface area contributed by atoms with Crippen LogP contribution in [0.1, 0.15) is 5.56 Å². The molecule has 1 aliphatic rings. The number of hydrogen-bond acceptors (Lipinski definition) is 4. The number of para-hydroxylation sites is 1. The fraction of sp³-hybridized carbons (Fsp3) is 0.357. The quantitative estimate of drug-likeness (QED) is 0.896. The highest BCUT2D eigenvalue weighted by Gasteiger charge is 2.17. The van der Waals surface area contributed by atoms with Gasteiger partial charge in [0.15, 0.2) is 0 Å². The summed E-state index contributed by atoms with van der Waals surface area (Å²) < 4.78 is 11.4. The van der Waals surface area contributed by atoms with Crippen LogP contribution in [0.5, 0.6) is 0 Å². The third-order valence-electron chi connectivity index (χ3n) is 3.51. The van der Waals surface area contributed by atoms with Crippen LogP contribution in [-0.4, -0.2) is 33.8 Å². The molecule has 1 saturated heterocycles. The Morgan fingerprint density at radius 2 is 2.00 bits per heavy atom. The molecule has 0 spiro atoms. The van der Waals surface area contributed by atoms with Crippen molar-refractivity contribution in [2.45, 2.75) is 6.54 Å². The predicted molar refractivity (Wildman–Crippen MR) is 79.7 cm³/mol. The molecule has 1 fully saturated rings. The highest BCUT2D eigenvalue weighted by Crippen LogP contribution is 2.23. The SMILES string of the molecule is NCc1cc(N2CCS(=O)CC2)nc2ccccc12. The van der Waals surface area contributed by atoms with E-state index in [1.807, 2.05) is 18.2 Å². The largest absolute Gasteiger partial charge is 0.355 e. The van der Waals surface area contributed by atoms with Crippen LogP contribution in [0.15, 0.2) is 30.3 Å². The maximum Gasteiger partial charge on any atom is 0.129 e. The lowest BCUT2D eigenvalue weighted by atomic mass is 10.1. The molecule has 0 aliphatic carbocycles. The second-order valence-electron chi connectivity index (χ2n) is 4.70. The third-order valence-corrected chi connectivity index (χ3v) is 4.79. The van der Waals surface area contributed by atoms with E-state index in [1.165, 1.54) is 0 Å². The number of nitrogens with two attached hydrogens (primary N) is 1. The van der Waals surface area contributed by atoms with E-state index < -0.39 is 10.8 Å². The van der Waals surface area contributed by atoms with E-state index >= 15 is 0 Å². The summed E-state index contributed by atoms with van der Waals surface area (Å²) in [4.78, 5) is 6.91. The van der Waals surface area contributed by atoms with Crippen LogP contribution in [0.4, 0.5) is 5.82 Å². The standard InChI is InChI=1S/C14H17N3OS/c15-10-11-9-14(17-5-7-19(18)8-6-17)16-13-4-2-1-3-12(11)13/h1-4,9H,5-8,10,15H2. The molecule has 3 rings (SSSR count). The van der Waals surface area contributed by atoms with Gasteiger partial charge in [-0.2, -0.15) is 0 Å². The molecule has 4 nitrogen and oxygen atoms in total. The van der Waals surface area contributed by atoms with Crippen molar-refractivity contribution >= 4 is 27.5 Å². The predicted octanol–water partition coefficient (Wildman–Crippen LogP) is 1.26. The van der Waals surface area contributed by atoms with Gasteiger partial charge in [-0.1, -0.05) is 18.2 Å². The van der Waals surface area contributed by atoms with E-state index in [4.69, 9.17) is 10.7 Å². The van der Waals surface area contributed by atoms with Gasteiger partial charge in [0.05, 0.1) is 5.52 Å². The Kier molecular flexibility index (Phi) is 3.48. The van der Waals surface area contributed by atoms with Gasteiger partial charge in [0, 0.05) is 47.3 Å². The van der Waals surface area contributed by atoms with Crippen LogP contribution in [0.2, 0.25) is 0 Å². The van der Waals surface area contributed by atoms with E-state index in [0.29, 0.717) is 6.54 Å². The maximum absolute atomic E-state index is 11.4. The summed E-state index contributed by atoms with van der Waals surface area (Å²) in [7, 11) is -0.663. The Balaban J connectivity index is 2.02. The summed E-state index contributed by atoms with van der Waals surface area (Å²) in [5, 5.41) is 1.12. The highest BCUT2D eigenvalue weighted by molar-refractivity contribution is 7.85. The van der Waals surface area contributed by atoms with Crippen LogP contribution < -0.4 is 10.6 Å². The third kappa shape index (κ3) is 2.48. The first-order chi connectivity index (χ1) is 9.28. The number of anilines is 1. The minimum absolute atomic E-state index is 0.510. The monoisotopic (exact) mass is 275 g/mol. The first-order valence-corrected chi connectivity index (χ1v) is 7.95. The number of nitrogens with zero attached hydrogens (tertiary/aromatic N) is 2. The second kappa shape index (κ2) is 5.27. The molecule has 2 heterocycles. The van der Waals surface area contributed by atoms with Crippen molar-refractivity contribution in [1.29, 1.82) is 0 Å². The summed E-state index contributed by atoms with van der Waals surface area (Å²) in [6, 6.07) is 10.1. The van der Waals surface area contributed by atoms with Gasteiger partial charge in [-0.15, -0.1) is 0 Å². The highest BCUT2D eigenvalue weighted by atomic mass is 32.2. The molecular formula is C14H17N3OS. The van der Waals surface area contributed by atoms with Gasteiger partial charge in [0.1, 0.15) is 5.82 Å². The zero-order valence-electron chi connectivity index (χ0n) is 10.7. The average molecular weight is 275 g/mol. The minimum Gasteiger partial charge on any atom is -0.355 e. The fourth-order valence-electron chi connectivity index (χ4n) is 2.43. The summed E-state index contributed by atoms with van der Waals surface area (Å²) in [6.45, 7) is 2.12. The Hall–Kier alpha value is -1.46. The zero-order chi connectivity index (χ0) is 13.2. The molecule has 2 aromatic rings. The fourth-order valence-corrected chi connectivity index (χ4v) is 3.48. The molecule has 0 bridgehead atoms. The molecule has 1 aromatic carbocycles. The van der Waals surface area contributed by atoms with Crippen LogP contribution in [0, 0.1) is 0 Å². The molecule has 0 unspecified atom stereocenters. The number of benzene rings is 1. The lowest BCUT2D eigenvalue weighted by Crippen LogP contribution is -2.38. The summed E-state index contributed by atoms with van der Waals surface area (Å²) in [6.07, 6.45) is 0. The molecule has 2 N–H and O–H groups in total. The van der Waals surface area contributed by atoms with Gasteiger partial charge < -0.3 is 10.6 Å². The van der Waals surface area contributed by atoms with Crippen LogP contribution in [0.3, 0.4) is 0 Å². The molecule has 0 amide bonds. The smallest absolute Gasteiger partial charge is 0.129 e. The van der Waals surface area contributed by atoms with E-state index in [0.717, 1.165) is 46.9 Å². The van der Waals surface area contributed by atoms with Crippen molar-refractivity contribution in [3.8, 4) is 0 Å². The summed E-state index contributed by atoms with van der Waals surface area (Å²) >= 11 is 0. The van der Waals surface area contributed by atoms with Gasteiger partial charge in [-0.25, -0.2) is 4.98 Å². The number of fused-ring (bicyclic) bond motifs is 1. The topological polar surface area (TPSA) is 59.2 Å². The zero-order valence-corrected chi connectivity index (χ0v) is 11.5. The van der Waals surface area contributed by atoms with Gasteiger partial charge in [-0.3, -0.25) is 4.21 Å². The van der Waals surface area contributed by atoms with Gasteiger partial charge in [0.25, 0.3) is 0 Å². The van der Waals surface area contributed by atoms with Crippen LogP contribution in [-0.2, 0) is 17.3 Å². The van der Waals surface area contributed by atoms with Gasteiger partial charge >= 0.3 is 0 Å². The van der Waals surface area contributed by atoms with Crippen LogP contribution >= 0.6 is 0 Å². The number of hydrogen-bond donors (Lipinski definition) is 1. The van der Waals surface area contributed by atoms with Crippen molar-refractivity contribution in [3.63, 3.8) is 0 Å². The number of aromatic nitrogens is 1. The first kappa shape index (κ1) is 12.6. The lowest BCUT2D eigenvalue weighted by Gasteiger charge is -2.28. The molecule has 5 heteroatoms. The number of rotatable bonds is 2. The Morgan fingerprint density at radius 1 is 1.26 bits per heavy atom. The molecule has 0 saturated carbocycles. The van der Waals surface area contributed by atoms with Crippen LogP contribution in [0.25, 0.3) is 10.9 Å². The van der Waals surface area contributed by atoms with Crippen molar-refractivity contribution in [2.24, 2.45) is 5.73 Å². The van der Waals surface area contributed by atoms with E-state index in [1.54, 1.807) is 0 Å². The van der Waals surface area contributed by atoms with Crippen molar-refractivity contribution < 1.29 is 4.21 Å². The molecule has 1 aromatic heterocycles.